The first-order valence-electron chi connectivity index (χ1n) is 9.64. The molecule has 5 atom stereocenters. The van der Waals surface area contributed by atoms with E-state index in [4.69, 9.17) is 14.2 Å². The Balaban J connectivity index is 1.87. The van der Waals surface area contributed by atoms with Crippen LogP contribution in [0.25, 0.3) is 0 Å². The predicted octanol–water partition coefficient (Wildman–Crippen LogP) is 0.652. The van der Waals surface area contributed by atoms with Gasteiger partial charge in [-0.3, -0.25) is 4.79 Å². The smallest absolute Gasteiger partial charge is 0.340 e. The summed E-state index contributed by atoms with van der Waals surface area (Å²) in [5.74, 6) is -2.03. The molecule has 0 bridgehead atoms. The van der Waals surface area contributed by atoms with Crippen LogP contribution in [0.4, 0.5) is 0 Å². The molecule has 164 valence electrons. The van der Waals surface area contributed by atoms with Crippen molar-refractivity contribution in [1.29, 1.82) is 0 Å². The minimum absolute atomic E-state index is 0.223. The molecule has 1 fully saturated rings. The van der Waals surface area contributed by atoms with Gasteiger partial charge in [-0.1, -0.05) is 36.4 Å². The van der Waals surface area contributed by atoms with Crippen LogP contribution >= 0.6 is 0 Å². The Morgan fingerprint density at radius 3 is 1.94 bits per heavy atom. The summed E-state index contributed by atoms with van der Waals surface area (Å²) in [6.45, 7) is 0.587. The van der Waals surface area contributed by atoms with Gasteiger partial charge in [0.2, 0.25) is 12.2 Å². The maximum atomic E-state index is 12.6. The van der Waals surface area contributed by atoms with Crippen molar-refractivity contribution in [2.75, 3.05) is 6.61 Å². The summed E-state index contributed by atoms with van der Waals surface area (Å²) in [5, 5.41) is 22.7. The van der Waals surface area contributed by atoms with Gasteiger partial charge in [0, 0.05) is 6.92 Å². The van der Waals surface area contributed by atoms with Crippen LogP contribution in [-0.4, -0.2) is 65.3 Å². The molecule has 31 heavy (non-hydrogen) atoms. The van der Waals surface area contributed by atoms with Crippen LogP contribution in [0, 0.1) is 0 Å². The lowest BCUT2D eigenvalue weighted by molar-refractivity contribution is -0.252. The van der Waals surface area contributed by atoms with E-state index in [2.05, 4.69) is 5.32 Å². The topological polar surface area (TPSA) is 131 Å². The van der Waals surface area contributed by atoms with Crippen LogP contribution in [-0.2, 0) is 19.0 Å². The van der Waals surface area contributed by atoms with Crippen molar-refractivity contribution in [3.63, 3.8) is 0 Å². The van der Waals surface area contributed by atoms with E-state index >= 15 is 0 Å². The van der Waals surface area contributed by atoms with Crippen molar-refractivity contribution in [3.05, 3.63) is 71.8 Å². The monoisotopic (exact) mass is 429 g/mol. The van der Waals surface area contributed by atoms with Crippen molar-refractivity contribution in [2.45, 2.75) is 37.6 Å². The number of amides is 1. The molecule has 1 heterocycles. The summed E-state index contributed by atoms with van der Waals surface area (Å²) in [6.07, 6.45) is -5.48. The standard InChI is InChI=1S/C22H23NO8/c1-13(25)23-17-19(30-20(27)14-8-4-2-5-9-14)18(26)16(12-24)29-22(17)31-21(28)15-10-6-3-7-11-15/h2-11,16-19,22,24,26H,12H2,1H3,(H,23,25). The van der Waals surface area contributed by atoms with Gasteiger partial charge in [-0.15, -0.1) is 0 Å². The van der Waals surface area contributed by atoms with Crippen LogP contribution in [0.2, 0.25) is 0 Å². The third-order valence-corrected chi connectivity index (χ3v) is 4.71. The first kappa shape index (κ1) is 22.4. The first-order valence-corrected chi connectivity index (χ1v) is 9.64. The minimum Gasteiger partial charge on any atom is -0.453 e. The third kappa shape index (κ3) is 5.46. The molecule has 1 amide bonds. The van der Waals surface area contributed by atoms with Gasteiger partial charge in [-0.05, 0) is 24.3 Å². The second-order valence-electron chi connectivity index (χ2n) is 6.95. The van der Waals surface area contributed by atoms with Gasteiger partial charge < -0.3 is 29.7 Å². The lowest BCUT2D eigenvalue weighted by Gasteiger charge is -2.43. The molecule has 0 aromatic heterocycles. The van der Waals surface area contributed by atoms with Crippen molar-refractivity contribution >= 4 is 17.8 Å². The maximum Gasteiger partial charge on any atom is 0.340 e. The Bertz CT molecular complexity index is 904. The van der Waals surface area contributed by atoms with E-state index < -0.39 is 55.1 Å². The molecule has 0 spiro atoms. The highest BCUT2D eigenvalue weighted by atomic mass is 16.7. The molecule has 0 radical (unpaired) electrons. The van der Waals surface area contributed by atoms with Crippen LogP contribution in [0.15, 0.2) is 60.7 Å². The van der Waals surface area contributed by atoms with Gasteiger partial charge in [0.25, 0.3) is 0 Å². The van der Waals surface area contributed by atoms with E-state index in [-0.39, 0.29) is 11.1 Å². The summed E-state index contributed by atoms with van der Waals surface area (Å²) in [7, 11) is 0. The summed E-state index contributed by atoms with van der Waals surface area (Å²) >= 11 is 0. The van der Waals surface area contributed by atoms with Crippen LogP contribution in [0.5, 0.6) is 0 Å². The zero-order valence-electron chi connectivity index (χ0n) is 16.7. The summed E-state index contributed by atoms with van der Waals surface area (Å²) in [5.41, 5.74) is 0.457. The molecule has 9 heteroatoms. The number of rotatable bonds is 6. The molecule has 3 rings (SSSR count). The number of ether oxygens (including phenoxy) is 3. The van der Waals surface area contributed by atoms with Gasteiger partial charge in [0.1, 0.15) is 18.2 Å². The van der Waals surface area contributed by atoms with Gasteiger partial charge in [0.15, 0.2) is 6.10 Å². The number of carbonyl (C=O) groups excluding carboxylic acids is 3. The lowest BCUT2D eigenvalue weighted by Crippen LogP contribution is -2.66. The SMILES string of the molecule is CC(=O)NC1C(OC(=O)c2ccccc2)OC(CO)C(O)C1OC(=O)c1ccccc1. The molecular weight excluding hydrogens is 406 g/mol. The quantitative estimate of drug-likeness (QED) is 0.571. The average Bonchev–Trinajstić information content (AvgIpc) is 2.78. The normalized spacial score (nSPS) is 25.3. The number of carbonyl (C=O) groups is 3. The summed E-state index contributed by atoms with van der Waals surface area (Å²) in [6, 6.07) is 14.9. The van der Waals surface area contributed by atoms with Crippen molar-refractivity contribution in [2.24, 2.45) is 0 Å². The fraction of sp³-hybridized carbons (Fsp3) is 0.318. The zero-order chi connectivity index (χ0) is 22.4. The molecule has 3 N–H and O–H groups in total. The van der Waals surface area contributed by atoms with Crippen molar-refractivity contribution < 1.29 is 38.8 Å². The fourth-order valence-electron chi connectivity index (χ4n) is 3.21. The van der Waals surface area contributed by atoms with Crippen LogP contribution in [0.1, 0.15) is 27.6 Å². The van der Waals surface area contributed by atoms with Gasteiger partial charge in [-0.25, -0.2) is 9.59 Å². The Hall–Kier alpha value is -3.27. The summed E-state index contributed by atoms with van der Waals surface area (Å²) in [4.78, 5) is 36.9. The Morgan fingerprint density at radius 1 is 0.935 bits per heavy atom. The van der Waals surface area contributed by atoms with E-state index in [1.165, 1.54) is 31.2 Å². The number of hydrogen-bond donors (Lipinski definition) is 3. The maximum absolute atomic E-state index is 12.6. The lowest BCUT2D eigenvalue weighted by atomic mass is 9.96. The number of hydrogen-bond acceptors (Lipinski definition) is 8. The highest BCUT2D eigenvalue weighted by Crippen LogP contribution is 2.26. The molecule has 0 aliphatic carbocycles. The van der Waals surface area contributed by atoms with Gasteiger partial charge in [-0.2, -0.15) is 0 Å². The molecular formula is C22H23NO8. The van der Waals surface area contributed by atoms with E-state index in [0.717, 1.165) is 0 Å². The first-order chi connectivity index (χ1) is 14.9. The minimum atomic E-state index is -1.49. The Morgan fingerprint density at radius 2 is 1.45 bits per heavy atom. The Labute approximate surface area is 178 Å². The number of benzene rings is 2. The van der Waals surface area contributed by atoms with E-state index in [9.17, 15) is 24.6 Å². The third-order valence-electron chi connectivity index (χ3n) is 4.71. The highest BCUT2D eigenvalue weighted by molar-refractivity contribution is 5.90. The second-order valence-corrected chi connectivity index (χ2v) is 6.95. The number of esters is 2. The highest BCUT2D eigenvalue weighted by Gasteiger charge is 2.49. The second kappa shape index (κ2) is 10.2. The van der Waals surface area contributed by atoms with E-state index in [1.807, 2.05) is 0 Å². The molecule has 5 unspecified atom stereocenters. The number of aliphatic hydroxyl groups excluding tert-OH is 2. The predicted molar refractivity (Wildman–Crippen MR) is 107 cm³/mol. The molecule has 0 saturated carbocycles. The number of nitrogens with one attached hydrogen (secondary N) is 1. The van der Waals surface area contributed by atoms with E-state index in [0.29, 0.717) is 0 Å². The number of aliphatic hydroxyl groups is 2. The van der Waals surface area contributed by atoms with Gasteiger partial charge >= 0.3 is 11.9 Å². The van der Waals surface area contributed by atoms with Gasteiger partial charge in [0.05, 0.1) is 17.7 Å². The van der Waals surface area contributed by atoms with E-state index in [1.54, 1.807) is 36.4 Å². The summed E-state index contributed by atoms with van der Waals surface area (Å²) < 4.78 is 16.4. The average molecular weight is 429 g/mol. The van der Waals surface area contributed by atoms with Crippen LogP contribution in [0.3, 0.4) is 0 Å². The molecule has 1 saturated heterocycles. The molecule has 9 nitrogen and oxygen atoms in total. The molecule has 2 aromatic rings. The zero-order valence-corrected chi connectivity index (χ0v) is 16.7. The molecule has 1 aliphatic heterocycles. The molecule has 2 aromatic carbocycles. The van der Waals surface area contributed by atoms with Crippen LogP contribution < -0.4 is 5.32 Å². The Kier molecular flexibility index (Phi) is 7.35. The van der Waals surface area contributed by atoms with Crippen molar-refractivity contribution in [3.8, 4) is 0 Å². The molecule has 1 aliphatic rings. The largest absolute Gasteiger partial charge is 0.453 e. The van der Waals surface area contributed by atoms with Crippen molar-refractivity contribution in [1.82, 2.24) is 5.32 Å². The fourth-order valence-corrected chi connectivity index (χ4v) is 3.21.